The van der Waals surface area contributed by atoms with E-state index in [1.54, 1.807) is 12.1 Å². The fourth-order valence-electron chi connectivity index (χ4n) is 5.97. The quantitative estimate of drug-likeness (QED) is 0.0844. The van der Waals surface area contributed by atoms with E-state index >= 15 is 0 Å². The zero-order valence-corrected chi connectivity index (χ0v) is 28.0. The van der Waals surface area contributed by atoms with E-state index < -0.39 is 6.29 Å². The van der Waals surface area contributed by atoms with E-state index in [1.165, 1.54) is 0 Å². The van der Waals surface area contributed by atoms with Crippen molar-refractivity contribution in [1.29, 1.82) is 0 Å². The number of nitrogen functional groups attached to an aromatic ring is 1. The van der Waals surface area contributed by atoms with Crippen LogP contribution in [0.3, 0.4) is 0 Å². The highest BCUT2D eigenvalue weighted by molar-refractivity contribution is 5.94. The SMILES string of the molecule is C=CCN(C)CC1CC(c2ccc(CO)cc2)OC(c2ccc(-c3ccccc3CNC(=O)CCCC(=O)Nc3ccccc3N)cc2)O1. The van der Waals surface area contributed by atoms with E-state index in [-0.39, 0.29) is 43.5 Å². The Morgan fingerprint density at radius 1 is 0.918 bits per heavy atom. The Balaban J connectivity index is 1.20. The first-order chi connectivity index (χ1) is 23.8. The van der Waals surface area contributed by atoms with E-state index in [9.17, 15) is 14.7 Å². The number of para-hydroxylation sites is 2. The number of amides is 2. The molecule has 1 aliphatic heterocycles. The van der Waals surface area contributed by atoms with Crippen LogP contribution in [0.15, 0.2) is 110 Å². The van der Waals surface area contributed by atoms with Crippen molar-refractivity contribution < 1.29 is 24.2 Å². The van der Waals surface area contributed by atoms with Gasteiger partial charge in [-0.05, 0) is 53.4 Å². The molecule has 9 heteroatoms. The minimum atomic E-state index is -0.547. The lowest BCUT2D eigenvalue weighted by Crippen LogP contribution is -2.37. The zero-order valence-electron chi connectivity index (χ0n) is 28.0. The molecule has 0 bridgehead atoms. The van der Waals surface area contributed by atoms with Crippen molar-refractivity contribution in [2.45, 2.75) is 57.3 Å². The molecule has 3 unspecified atom stereocenters. The largest absolute Gasteiger partial charge is 0.397 e. The second kappa shape index (κ2) is 17.6. The molecule has 4 aromatic rings. The van der Waals surface area contributed by atoms with Gasteiger partial charge >= 0.3 is 0 Å². The third-order valence-corrected chi connectivity index (χ3v) is 8.60. The van der Waals surface area contributed by atoms with Crippen molar-refractivity contribution in [2.24, 2.45) is 0 Å². The minimum absolute atomic E-state index is 0.000563. The van der Waals surface area contributed by atoms with Gasteiger partial charge in [0, 0.05) is 44.5 Å². The summed E-state index contributed by atoms with van der Waals surface area (Å²) in [6, 6.07) is 31.1. The number of carbonyl (C=O) groups excluding carboxylic acids is 2. The maximum absolute atomic E-state index is 12.7. The highest BCUT2D eigenvalue weighted by Gasteiger charge is 2.32. The summed E-state index contributed by atoms with van der Waals surface area (Å²) in [6.45, 7) is 5.73. The third kappa shape index (κ3) is 10.1. The van der Waals surface area contributed by atoms with Gasteiger partial charge < -0.3 is 35.8 Å². The number of aliphatic hydroxyl groups excluding tert-OH is 1. The van der Waals surface area contributed by atoms with Crippen LogP contribution in [0, 0.1) is 0 Å². The van der Waals surface area contributed by atoms with Gasteiger partial charge in [-0.1, -0.05) is 91.0 Å². The number of likely N-dealkylation sites (N-methyl/N-ethyl adjacent to an activating group) is 1. The first-order valence-electron chi connectivity index (χ1n) is 16.7. The number of carbonyl (C=O) groups is 2. The van der Waals surface area contributed by atoms with Crippen molar-refractivity contribution >= 4 is 23.2 Å². The number of nitrogens with one attached hydrogen (secondary N) is 2. The fraction of sp³-hybridized carbons (Fsp3) is 0.300. The van der Waals surface area contributed by atoms with Crippen LogP contribution in [0.5, 0.6) is 0 Å². The van der Waals surface area contributed by atoms with Gasteiger partial charge in [0.2, 0.25) is 11.8 Å². The van der Waals surface area contributed by atoms with Crippen molar-refractivity contribution in [3.05, 3.63) is 132 Å². The van der Waals surface area contributed by atoms with Crippen molar-refractivity contribution in [1.82, 2.24) is 10.2 Å². The van der Waals surface area contributed by atoms with Gasteiger partial charge in [0.25, 0.3) is 0 Å². The summed E-state index contributed by atoms with van der Waals surface area (Å²) >= 11 is 0. The fourth-order valence-corrected chi connectivity index (χ4v) is 5.97. The number of hydrogen-bond donors (Lipinski definition) is 4. The Morgan fingerprint density at radius 2 is 1.61 bits per heavy atom. The smallest absolute Gasteiger partial charge is 0.224 e. The van der Waals surface area contributed by atoms with Gasteiger partial charge in [0.05, 0.1) is 30.2 Å². The molecule has 5 rings (SSSR count). The second-order valence-corrected chi connectivity index (χ2v) is 12.4. The van der Waals surface area contributed by atoms with Gasteiger partial charge in [-0.3, -0.25) is 9.59 Å². The molecule has 1 saturated heterocycles. The average Bonchev–Trinajstić information content (AvgIpc) is 3.12. The monoisotopic (exact) mass is 662 g/mol. The van der Waals surface area contributed by atoms with E-state index in [0.717, 1.165) is 46.5 Å². The van der Waals surface area contributed by atoms with E-state index in [0.29, 0.717) is 30.8 Å². The normalized spacial score (nSPS) is 17.4. The molecule has 0 spiro atoms. The molecule has 0 aromatic heterocycles. The molecule has 9 nitrogen and oxygen atoms in total. The number of hydrogen-bond acceptors (Lipinski definition) is 7. The average molecular weight is 663 g/mol. The molecule has 1 fully saturated rings. The van der Waals surface area contributed by atoms with Gasteiger partial charge in [0.15, 0.2) is 6.29 Å². The third-order valence-electron chi connectivity index (χ3n) is 8.60. The molecule has 0 radical (unpaired) electrons. The minimum Gasteiger partial charge on any atom is -0.397 e. The van der Waals surface area contributed by atoms with Crippen LogP contribution in [-0.2, 0) is 32.2 Å². The number of ether oxygens (including phenoxy) is 2. The molecular formula is C40H46N4O5. The van der Waals surface area contributed by atoms with Crippen molar-refractivity contribution in [2.75, 3.05) is 31.2 Å². The molecule has 49 heavy (non-hydrogen) atoms. The van der Waals surface area contributed by atoms with Gasteiger partial charge in [0.1, 0.15) is 0 Å². The molecule has 5 N–H and O–H groups in total. The van der Waals surface area contributed by atoms with Gasteiger partial charge in [-0.15, -0.1) is 6.58 Å². The lowest BCUT2D eigenvalue weighted by Gasteiger charge is -2.37. The number of benzene rings is 4. The predicted molar refractivity (Wildman–Crippen MR) is 193 cm³/mol. The first-order valence-corrected chi connectivity index (χ1v) is 16.7. The summed E-state index contributed by atoms with van der Waals surface area (Å²) in [5.74, 6) is -0.288. The van der Waals surface area contributed by atoms with Crippen LogP contribution in [0.2, 0.25) is 0 Å². The lowest BCUT2D eigenvalue weighted by atomic mass is 9.97. The summed E-state index contributed by atoms with van der Waals surface area (Å²) in [7, 11) is 2.05. The molecule has 256 valence electrons. The summed E-state index contributed by atoms with van der Waals surface area (Å²) < 4.78 is 13.0. The van der Waals surface area contributed by atoms with Crippen LogP contribution in [0.1, 0.15) is 60.3 Å². The van der Waals surface area contributed by atoms with Crippen molar-refractivity contribution in [3.8, 4) is 11.1 Å². The standard InChI is InChI=1S/C40H46N4O5/c1-3-23-44(2)26-33-24-37(30-17-15-28(27-45)16-18-30)49-40(48-33)31-21-19-29(20-22-31)34-10-5-4-9-32(34)25-42-38(46)13-8-14-39(47)43-36-12-7-6-11-35(36)41/h3-7,9-12,15-22,33,37,40,45H,1,8,13-14,23-27,41H2,2H3,(H,42,46)(H,43,47). The highest BCUT2D eigenvalue weighted by atomic mass is 16.7. The molecule has 4 aromatic carbocycles. The number of nitrogens with zero attached hydrogens (tertiary/aromatic N) is 1. The number of rotatable bonds is 15. The van der Waals surface area contributed by atoms with E-state index in [4.69, 9.17) is 15.2 Å². The Morgan fingerprint density at radius 3 is 2.35 bits per heavy atom. The summed E-state index contributed by atoms with van der Waals surface area (Å²) in [4.78, 5) is 27.2. The number of aliphatic hydroxyl groups is 1. The Kier molecular flexibility index (Phi) is 12.7. The molecule has 0 aliphatic carbocycles. The van der Waals surface area contributed by atoms with Crippen LogP contribution >= 0.6 is 0 Å². The van der Waals surface area contributed by atoms with Crippen LogP contribution in [-0.4, -0.2) is 48.1 Å². The molecule has 1 aliphatic rings. The van der Waals surface area contributed by atoms with Crippen LogP contribution < -0.4 is 16.4 Å². The molecule has 0 saturated carbocycles. The van der Waals surface area contributed by atoms with Crippen LogP contribution in [0.25, 0.3) is 11.1 Å². The second-order valence-electron chi connectivity index (χ2n) is 12.4. The maximum atomic E-state index is 12.7. The van der Waals surface area contributed by atoms with Gasteiger partial charge in [-0.2, -0.15) is 0 Å². The van der Waals surface area contributed by atoms with E-state index in [2.05, 4.69) is 41.3 Å². The maximum Gasteiger partial charge on any atom is 0.224 e. The first kappa shape index (κ1) is 35.5. The Hall–Kier alpha value is -4.80. The molecule has 1 heterocycles. The number of anilines is 2. The van der Waals surface area contributed by atoms with Crippen molar-refractivity contribution in [3.63, 3.8) is 0 Å². The summed E-state index contributed by atoms with van der Waals surface area (Å²) in [5, 5.41) is 15.3. The van der Waals surface area contributed by atoms with Gasteiger partial charge in [-0.25, -0.2) is 0 Å². The lowest BCUT2D eigenvalue weighted by molar-refractivity contribution is -0.252. The molecule has 2 amide bonds. The molecular weight excluding hydrogens is 616 g/mol. The zero-order chi connectivity index (χ0) is 34.6. The number of nitrogens with two attached hydrogens (primary N) is 1. The predicted octanol–water partition coefficient (Wildman–Crippen LogP) is 6.52. The van der Waals surface area contributed by atoms with E-state index in [1.807, 2.05) is 78.9 Å². The van der Waals surface area contributed by atoms with Crippen LogP contribution in [0.4, 0.5) is 11.4 Å². The Labute approximate surface area is 288 Å². The summed E-state index contributed by atoms with van der Waals surface area (Å²) in [6.07, 6.45) is 2.74. The highest BCUT2D eigenvalue weighted by Crippen LogP contribution is 2.38. The molecule has 3 atom stereocenters. The topological polar surface area (TPSA) is 126 Å². The summed E-state index contributed by atoms with van der Waals surface area (Å²) in [5.41, 5.74) is 12.8. The Bertz CT molecular complexity index is 1690.